The summed E-state index contributed by atoms with van der Waals surface area (Å²) >= 11 is 0. The monoisotopic (exact) mass is 336 g/mol. The minimum Gasteiger partial charge on any atom is -0.504 e. The van der Waals surface area contributed by atoms with Crippen molar-refractivity contribution in [2.75, 3.05) is 32.8 Å². The molecular formula is C18H28N2O4. The molecule has 0 amide bonds. The Morgan fingerprint density at radius 1 is 1.38 bits per heavy atom. The van der Waals surface area contributed by atoms with Gasteiger partial charge < -0.3 is 19.8 Å². The largest absolute Gasteiger partial charge is 0.504 e. The molecule has 1 aliphatic rings. The zero-order valence-corrected chi connectivity index (χ0v) is 14.7. The number of aromatic hydroxyl groups is 1. The molecule has 1 aliphatic heterocycles. The molecule has 134 valence electrons. The van der Waals surface area contributed by atoms with Gasteiger partial charge >= 0.3 is 5.97 Å². The molecule has 6 heteroatoms. The van der Waals surface area contributed by atoms with Crippen LogP contribution in [0, 0.1) is 0 Å². The Balaban J connectivity index is 2.24. The van der Waals surface area contributed by atoms with E-state index in [9.17, 15) is 15.0 Å². The second-order valence-electron chi connectivity index (χ2n) is 6.29. The highest BCUT2D eigenvalue weighted by molar-refractivity contribution is 5.76. The summed E-state index contributed by atoms with van der Waals surface area (Å²) in [4.78, 5) is 16.3. The summed E-state index contributed by atoms with van der Waals surface area (Å²) in [6.07, 6.45) is 1.10. The fourth-order valence-corrected chi connectivity index (χ4v) is 3.40. The highest BCUT2D eigenvalue weighted by Crippen LogP contribution is 2.33. The van der Waals surface area contributed by atoms with Crippen LogP contribution in [0.5, 0.6) is 11.5 Å². The minimum atomic E-state index is -0.876. The van der Waals surface area contributed by atoms with Gasteiger partial charge in [-0.2, -0.15) is 0 Å². The summed E-state index contributed by atoms with van der Waals surface area (Å²) in [6, 6.07) is 4.23. The first-order valence-electron chi connectivity index (χ1n) is 8.64. The van der Waals surface area contributed by atoms with E-state index in [1.165, 1.54) is 6.07 Å². The molecule has 0 saturated carbocycles. The molecule has 6 nitrogen and oxygen atoms in total. The van der Waals surface area contributed by atoms with Crippen LogP contribution in [-0.4, -0.2) is 64.8 Å². The lowest BCUT2D eigenvalue weighted by molar-refractivity contribution is -0.145. The Morgan fingerprint density at radius 2 is 2.12 bits per heavy atom. The summed E-state index contributed by atoms with van der Waals surface area (Å²) in [7, 11) is 0. The number of hydrogen-bond acceptors (Lipinski definition) is 5. The topological polar surface area (TPSA) is 73.2 Å². The van der Waals surface area contributed by atoms with E-state index in [0.717, 1.165) is 26.1 Å². The molecule has 2 atom stereocenters. The number of benzene rings is 1. The van der Waals surface area contributed by atoms with Gasteiger partial charge in [-0.3, -0.25) is 9.69 Å². The van der Waals surface area contributed by atoms with Crippen molar-refractivity contribution < 1.29 is 19.7 Å². The number of hydrogen-bond donors (Lipinski definition) is 2. The fraction of sp³-hybridized carbons (Fsp3) is 0.611. The number of nitrogens with zero attached hydrogens (tertiary/aromatic N) is 2. The number of carboxylic acid groups (broad SMARTS) is 1. The summed E-state index contributed by atoms with van der Waals surface area (Å²) in [6.45, 7) is 9.97. The van der Waals surface area contributed by atoms with Crippen molar-refractivity contribution in [1.29, 1.82) is 0 Å². The number of carbonyl (C=O) groups is 1. The van der Waals surface area contributed by atoms with E-state index in [2.05, 4.69) is 18.7 Å². The standard InChI is InChI=1S/C18H28N2O4/c1-4-8-19-9-10-20(13(3)12-19)17(18(22)23)14-6-7-15(21)16(11-14)24-5-2/h6-7,11,13,17,21H,4-5,8-10,12H2,1-3H3,(H,22,23). The van der Waals surface area contributed by atoms with Crippen molar-refractivity contribution in [2.45, 2.75) is 39.3 Å². The van der Waals surface area contributed by atoms with Gasteiger partial charge in [0.15, 0.2) is 11.5 Å². The van der Waals surface area contributed by atoms with Gasteiger partial charge in [0, 0.05) is 25.7 Å². The molecule has 2 N–H and O–H groups in total. The molecule has 1 aromatic carbocycles. The van der Waals surface area contributed by atoms with E-state index in [0.29, 0.717) is 24.5 Å². The Hall–Kier alpha value is -1.79. The first-order chi connectivity index (χ1) is 11.5. The van der Waals surface area contributed by atoms with E-state index in [1.54, 1.807) is 12.1 Å². The van der Waals surface area contributed by atoms with Crippen molar-refractivity contribution in [3.05, 3.63) is 23.8 Å². The van der Waals surface area contributed by atoms with E-state index in [1.807, 2.05) is 11.8 Å². The Morgan fingerprint density at radius 3 is 2.71 bits per heavy atom. The van der Waals surface area contributed by atoms with Crippen LogP contribution in [-0.2, 0) is 4.79 Å². The number of carboxylic acids is 1. The SMILES string of the molecule is CCCN1CCN(C(C(=O)O)c2ccc(O)c(OCC)c2)C(C)C1. The number of ether oxygens (including phenoxy) is 1. The first kappa shape index (κ1) is 18.5. The molecule has 2 unspecified atom stereocenters. The maximum Gasteiger partial charge on any atom is 0.325 e. The second-order valence-corrected chi connectivity index (χ2v) is 6.29. The lowest BCUT2D eigenvalue weighted by Crippen LogP contribution is -2.54. The van der Waals surface area contributed by atoms with Crippen LogP contribution in [0.25, 0.3) is 0 Å². The third-order valence-corrected chi connectivity index (χ3v) is 4.47. The molecule has 1 fully saturated rings. The molecule has 1 heterocycles. The molecule has 0 bridgehead atoms. The van der Waals surface area contributed by atoms with Gasteiger partial charge in [0.05, 0.1) is 6.61 Å². The number of aliphatic carboxylic acids is 1. The fourth-order valence-electron chi connectivity index (χ4n) is 3.40. The summed E-state index contributed by atoms with van der Waals surface area (Å²) in [5.74, 6) is -0.511. The minimum absolute atomic E-state index is 0.0329. The van der Waals surface area contributed by atoms with E-state index < -0.39 is 12.0 Å². The molecule has 1 saturated heterocycles. The van der Waals surface area contributed by atoms with Gasteiger partial charge in [-0.05, 0) is 44.5 Å². The molecule has 0 radical (unpaired) electrons. The maximum absolute atomic E-state index is 11.9. The van der Waals surface area contributed by atoms with Gasteiger partial charge in [0.1, 0.15) is 6.04 Å². The summed E-state index contributed by atoms with van der Waals surface area (Å²) in [5, 5.41) is 19.6. The summed E-state index contributed by atoms with van der Waals surface area (Å²) < 4.78 is 5.40. The highest BCUT2D eigenvalue weighted by atomic mass is 16.5. The normalized spacial score (nSPS) is 20.7. The molecule has 0 spiro atoms. The van der Waals surface area contributed by atoms with E-state index in [-0.39, 0.29) is 11.8 Å². The Bertz CT molecular complexity index is 564. The third kappa shape index (κ3) is 4.19. The van der Waals surface area contributed by atoms with Gasteiger partial charge in [-0.25, -0.2) is 0 Å². The third-order valence-electron chi connectivity index (χ3n) is 4.47. The zero-order valence-electron chi connectivity index (χ0n) is 14.7. The summed E-state index contributed by atoms with van der Waals surface area (Å²) in [5.41, 5.74) is 0.638. The lowest BCUT2D eigenvalue weighted by Gasteiger charge is -2.42. The van der Waals surface area contributed by atoms with Crippen LogP contribution in [0.1, 0.15) is 38.8 Å². The average molecular weight is 336 g/mol. The van der Waals surface area contributed by atoms with Crippen molar-refractivity contribution >= 4 is 5.97 Å². The van der Waals surface area contributed by atoms with E-state index in [4.69, 9.17) is 4.74 Å². The van der Waals surface area contributed by atoms with Crippen LogP contribution in [0.4, 0.5) is 0 Å². The number of phenolic OH excluding ortho intramolecular Hbond substituents is 1. The van der Waals surface area contributed by atoms with Crippen LogP contribution in [0.3, 0.4) is 0 Å². The number of phenols is 1. The lowest BCUT2D eigenvalue weighted by atomic mass is 10.0. The molecular weight excluding hydrogens is 308 g/mol. The van der Waals surface area contributed by atoms with Crippen molar-refractivity contribution in [2.24, 2.45) is 0 Å². The van der Waals surface area contributed by atoms with Crippen LogP contribution in [0.15, 0.2) is 18.2 Å². The highest BCUT2D eigenvalue weighted by Gasteiger charge is 2.34. The molecule has 1 aromatic rings. The Labute approximate surface area is 143 Å². The molecule has 0 aliphatic carbocycles. The molecule has 24 heavy (non-hydrogen) atoms. The van der Waals surface area contributed by atoms with Crippen molar-refractivity contribution in [1.82, 2.24) is 9.80 Å². The van der Waals surface area contributed by atoms with Gasteiger partial charge in [0.2, 0.25) is 0 Å². The second kappa shape index (κ2) is 8.35. The van der Waals surface area contributed by atoms with Crippen LogP contribution in [0.2, 0.25) is 0 Å². The number of piperazine rings is 1. The molecule has 2 rings (SSSR count). The van der Waals surface area contributed by atoms with E-state index >= 15 is 0 Å². The number of rotatable bonds is 7. The van der Waals surface area contributed by atoms with Crippen molar-refractivity contribution in [3.8, 4) is 11.5 Å². The quantitative estimate of drug-likeness (QED) is 0.796. The first-order valence-corrected chi connectivity index (χ1v) is 8.64. The predicted molar refractivity (Wildman–Crippen MR) is 92.6 cm³/mol. The van der Waals surface area contributed by atoms with Gasteiger partial charge in [-0.1, -0.05) is 13.0 Å². The van der Waals surface area contributed by atoms with Crippen LogP contribution >= 0.6 is 0 Å². The Kier molecular flexibility index (Phi) is 6.45. The van der Waals surface area contributed by atoms with Crippen molar-refractivity contribution in [3.63, 3.8) is 0 Å². The predicted octanol–water partition coefficient (Wildman–Crippen LogP) is 2.33. The maximum atomic E-state index is 11.9. The molecule has 0 aromatic heterocycles. The van der Waals surface area contributed by atoms with Gasteiger partial charge in [-0.15, -0.1) is 0 Å². The zero-order chi connectivity index (χ0) is 17.7. The van der Waals surface area contributed by atoms with Crippen LogP contribution < -0.4 is 4.74 Å². The smallest absolute Gasteiger partial charge is 0.325 e. The van der Waals surface area contributed by atoms with Gasteiger partial charge in [0.25, 0.3) is 0 Å². The average Bonchev–Trinajstić information content (AvgIpc) is 2.53.